The number of amides is 1. The molecule has 41 heavy (non-hydrogen) atoms. The van der Waals surface area contributed by atoms with Crippen molar-refractivity contribution in [2.75, 3.05) is 18.6 Å². The molecule has 2 aromatic carbocycles. The Morgan fingerprint density at radius 3 is 2.46 bits per heavy atom. The van der Waals surface area contributed by atoms with E-state index in [-0.39, 0.29) is 26.9 Å². The summed E-state index contributed by atoms with van der Waals surface area (Å²) in [6.07, 6.45) is -3.86. The first-order chi connectivity index (χ1) is 19.5. The van der Waals surface area contributed by atoms with Crippen LogP contribution in [0.15, 0.2) is 36.5 Å². The number of benzene rings is 2. The van der Waals surface area contributed by atoms with Gasteiger partial charge in [-0.2, -0.15) is 0 Å². The zero-order chi connectivity index (χ0) is 29.6. The summed E-state index contributed by atoms with van der Waals surface area (Å²) >= 11 is 12.4. The molecule has 2 aliphatic rings. The lowest BCUT2D eigenvalue weighted by atomic mass is 9.85. The van der Waals surface area contributed by atoms with Crippen LogP contribution in [0.25, 0.3) is 11.3 Å². The molecular formula is C27H28Cl2F2N4O6. The fourth-order valence-electron chi connectivity index (χ4n) is 5.31. The predicted octanol–water partition coefficient (Wildman–Crippen LogP) is 3.07. The Morgan fingerprint density at radius 1 is 1.17 bits per heavy atom. The summed E-state index contributed by atoms with van der Waals surface area (Å²) < 4.78 is 41.7. The summed E-state index contributed by atoms with van der Waals surface area (Å²) in [5, 5.41) is 40.2. The molecule has 1 saturated carbocycles. The van der Waals surface area contributed by atoms with Crippen molar-refractivity contribution >= 4 is 34.8 Å². The molecule has 0 radical (unpaired) electrons. The number of methoxy groups -OCH3 is 1. The number of carbonyl (C=O) groups excluding carboxylic acids is 1. The molecule has 1 aromatic heterocycles. The minimum atomic E-state index is -1.44. The maximum Gasteiger partial charge on any atom is 0.259 e. The second kappa shape index (κ2) is 11.9. The maximum atomic E-state index is 14.7. The van der Waals surface area contributed by atoms with Gasteiger partial charge in [0.25, 0.3) is 5.91 Å². The minimum absolute atomic E-state index is 0.0221. The molecule has 2 heterocycles. The van der Waals surface area contributed by atoms with Crippen molar-refractivity contribution in [2.45, 2.75) is 62.4 Å². The topological polar surface area (TPSA) is 130 Å². The van der Waals surface area contributed by atoms with Gasteiger partial charge < -0.3 is 29.7 Å². The van der Waals surface area contributed by atoms with Gasteiger partial charge in [0.05, 0.1) is 24.9 Å². The second-order valence-electron chi connectivity index (χ2n) is 10.1. The largest absolute Gasteiger partial charge is 0.394 e. The molecule has 220 valence electrons. The number of aryl methyl sites for hydroxylation is 1. The van der Waals surface area contributed by atoms with E-state index < -0.39 is 66.8 Å². The van der Waals surface area contributed by atoms with Gasteiger partial charge in [-0.3, -0.25) is 4.79 Å². The molecule has 3 N–H and O–H groups in total. The predicted molar refractivity (Wildman–Crippen MR) is 145 cm³/mol. The number of hydrogen-bond donors (Lipinski definition) is 3. The Balaban J connectivity index is 1.54. The van der Waals surface area contributed by atoms with E-state index in [1.807, 2.05) is 0 Å². The number of hydrogen-bond acceptors (Lipinski definition) is 8. The third-order valence-electron chi connectivity index (χ3n) is 7.65. The van der Waals surface area contributed by atoms with Crippen LogP contribution >= 0.6 is 23.2 Å². The van der Waals surface area contributed by atoms with E-state index in [2.05, 4.69) is 10.3 Å². The van der Waals surface area contributed by atoms with Gasteiger partial charge in [-0.15, -0.1) is 5.10 Å². The average molecular weight is 613 g/mol. The SMILES string of the molecule is COC1C(C(=O)N(c2cc(Cl)cc(Cl)c2)[C@@H]2CC[C@H]2O)OC(CO)C(O)C1n1cc(-c2ccc(C)c(F)c2F)nn1. The van der Waals surface area contributed by atoms with Gasteiger partial charge in [0.1, 0.15) is 30.0 Å². The van der Waals surface area contributed by atoms with Gasteiger partial charge in [0.15, 0.2) is 17.7 Å². The highest BCUT2D eigenvalue weighted by molar-refractivity contribution is 6.35. The van der Waals surface area contributed by atoms with Crippen LogP contribution in [0, 0.1) is 18.6 Å². The monoisotopic (exact) mass is 612 g/mol. The van der Waals surface area contributed by atoms with E-state index in [1.54, 1.807) is 0 Å². The van der Waals surface area contributed by atoms with Gasteiger partial charge in [-0.1, -0.05) is 34.5 Å². The van der Waals surface area contributed by atoms with Crippen molar-refractivity contribution in [3.63, 3.8) is 0 Å². The normalized spacial score (nSPS) is 27.9. The van der Waals surface area contributed by atoms with E-state index in [4.69, 9.17) is 32.7 Å². The second-order valence-corrected chi connectivity index (χ2v) is 11.0. The van der Waals surface area contributed by atoms with E-state index >= 15 is 0 Å². The minimum Gasteiger partial charge on any atom is -0.394 e. The first-order valence-electron chi connectivity index (χ1n) is 12.9. The van der Waals surface area contributed by atoms with Crippen molar-refractivity contribution < 1.29 is 38.4 Å². The van der Waals surface area contributed by atoms with Crippen LogP contribution in [0.2, 0.25) is 10.0 Å². The molecule has 5 rings (SSSR count). The molecule has 1 aliphatic carbocycles. The van der Waals surface area contributed by atoms with Crippen molar-refractivity contribution in [1.29, 1.82) is 0 Å². The highest BCUT2D eigenvalue weighted by atomic mass is 35.5. The van der Waals surface area contributed by atoms with Crippen LogP contribution in [0.3, 0.4) is 0 Å². The van der Waals surface area contributed by atoms with Crippen LogP contribution in [-0.4, -0.2) is 86.5 Å². The lowest BCUT2D eigenvalue weighted by molar-refractivity contribution is -0.211. The van der Waals surface area contributed by atoms with Gasteiger partial charge in [0, 0.05) is 28.4 Å². The molecule has 10 nitrogen and oxygen atoms in total. The number of nitrogens with zero attached hydrogens (tertiary/aromatic N) is 4. The summed E-state index contributed by atoms with van der Waals surface area (Å²) in [6.45, 7) is 0.766. The molecule has 0 bridgehead atoms. The molecular weight excluding hydrogens is 585 g/mol. The van der Waals surface area contributed by atoms with E-state index in [0.29, 0.717) is 18.5 Å². The standard InChI is InChI=1S/C27H28Cl2F2N4O6/c1-12-3-4-16(22(31)21(12)30)17-10-34(33-32-17)23-24(38)20(11-36)41-26(25(23)40-2)27(39)35(18-5-6-19(18)37)15-8-13(28)7-14(29)9-15/h3-4,7-10,18-20,23-26,36-38H,5-6,11H2,1-2H3/t18-,19-,20?,23?,24?,25?,26?/m1/s1. The van der Waals surface area contributed by atoms with Gasteiger partial charge >= 0.3 is 0 Å². The number of aromatic nitrogens is 3. The fourth-order valence-corrected chi connectivity index (χ4v) is 5.83. The van der Waals surface area contributed by atoms with Crippen LogP contribution in [0.1, 0.15) is 24.4 Å². The molecule has 7 atom stereocenters. The molecule has 1 amide bonds. The lowest BCUT2D eigenvalue weighted by Gasteiger charge is -2.47. The Labute approximate surface area is 244 Å². The Hall–Kier alpha value is -2.71. The maximum absolute atomic E-state index is 14.7. The molecule has 14 heteroatoms. The van der Waals surface area contributed by atoms with Crippen LogP contribution in [0.5, 0.6) is 0 Å². The molecule has 1 saturated heterocycles. The van der Waals surface area contributed by atoms with Crippen molar-refractivity contribution in [2.24, 2.45) is 0 Å². The third kappa shape index (κ3) is 5.45. The first-order valence-corrected chi connectivity index (χ1v) is 13.6. The third-order valence-corrected chi connectivity index (χ3v) is 8.08. The summed E-state index contributed by atoms with van der Waals surface area (Å²) in [7, 11) is 1.30. The number of ether oxygens (including phenoxy) is 2. The van der Waals surface area contributed by atoms with E-state index in [0.717, 1.165) is 0 Å². The quantitative estimate of drug-likeness (QED) is 0.371. The molecule has 5 unspecified atom stereocenters. The zero-order valence-electron chi connectivity index (χ0n) is 22.0. The molecule has 2 fully saturated rings. The Kier molecular flexibility index (Phi) is 8.63. The summed E-state index contributed by atoms with van der Waals surface area (Å²) in [6, 6.07) is 5.54. The van der Waals surface area contributed by atoms with Crippen LogP contribution in [-0.2, 0) is 14.3 Å². The molecule has 0 spiro atoms. The van der Waals surface area contributed by atoms with Gasteiger partial charge in [-0.05, 0) is 49.6 Å². The average Bonchev–Trinajstić information content (AvgIpc) is 3.41. The Bertz CT molecular complexity index is 1420. The Morgan fingerprint density at radius 2 is 1.88 bits per heavy atom. The highest BCUT2D eigenvalue weighted by Gasteiger charge is 2.52. The number of halogens is 4. The van der Waals surface area contributed by atoms with Gasteiger partial charge in [-0.25, -0.2) is 13.5 Å². The zero-order valence-corrected chi connectivity index (χ0v) is 23.5. The fraction of sp³-hybridized carbons (Fsp3) is 0.444. The smallest absolute Gasteiger partial charge is 0.259 e. The molecule has 1 aliphatic heterocycles. The van der Waals surface area contributed by atoms with E-state index in [1.165, 1.54) is 60.1 Å². The first kappa shape index (κ1) is 29.8. The number of aliphatic hydroxyl groups is 3. The van der Waals surface area contributed by atoms with Crippen LogP contribution in [0.4, 0.5) is 14.5 Å². The summed E-state index contributed by atoms with van der Waals surface area (Å²) in [5.41, 5.74) is 0.264. The highest BCUT2D eigenvalue weighted by Crippen LogP contribution is 2.38. The number of aliphatic hydroxyl groups excluding tert-OH is 3. The summed E-state index contributed by atoms with van der Waals surface area (Å²) in [4.78, 5) is 15.5. The van der Waals surface area contributed by atoms with Crippen molar-refractivity contribution in [3.05, 3.63) is 63.8 Å². The van der Waals surface area contributed by atoms with Crippen LogP contribution < -0.4 is 4.90 Å². The van der Waals surface area contributed by atoms with Crippen molar-refractivity contribution in [1.82, 2.24) is 15.0 Å². The summed E-state index contributed by atoms with van der Waals surface area (Å²) in [5.74, 6) is -2.77. The van der Waals surface area contributed by atoms with Gasteiger partial charge in [0.2, 0.25) is 0 Å². The molecule has 3 aromatic rings. The number of rotatable bonds is 7. The number of carbonyl (C=O) groups is 1. The lowest BCUT2D eigenvalue weighted by Crippen LogP contribution is -2.64. The van der Waals surface area contributed by atoms with Crippen molar-refractivity contribution in [3.8, 4) is 11.3 Å². The van der Waals surface area contributed by atoms with E-state index in [9.17, 15) is 28.9 Å². The number of anilines is 1.